The third kappa shape index (κ3) is 8.03. The molecule has 0 heterocycles. The number of hydrogen-bond donors (Lipinski definition) is 2. The summed E-state index contributed by atoms with van der Waals surface area (Å²) in [7, 11) is 0. The van der Waals surface area contributed by atoms with E-state index < -0.39 is 0 Å². The number of nitrogens with two attached hydrogens (primary N) is 1. The maximum absolute atomic E-state index is 7.46. The van der Waals surface area contributed by atoms with E-state index in [0.29, 0.717) is 5.84 Å². The largest absolute Gasteiger partial charge is 0.387 e. The molecule has 0 aromatic rings. The fourth-order valence-electron chi connectivity index (χ4n) is 1.46. The number of unbranched alkanes of at least 4 members (excludes halogenated alkanes) is 3. The first-order valence-electron chi connectivity index (χ1n) is 6.43. The van der Waals surface area contributed by atoms with Gasteiger partial charge in [-0.05, 0) is 30.8 Å². The van der Waals surface area contributed by atoms with Crippen molar-refractivity contribution in [3.8, 4) is 0 Å². The van der Waals surface area contributed by atoms with E-state index >= 15 is 0 Å². The second-order valence-electron chi connectivity index (χ2n) is 5.07. The third-order valence-electron chi connectivity index (χ3n) is 2.96. The summed E-state index contributed by atoms with van der Waals surface area (Å²) in [6, 6.07) is 0. The van der Waals surface area contributed by atoms with E-state index in [0.717, 1.165) is 6.42 Å². The molecule has 0 atom stereocenters. The summed E-state index contributed by atoms with van der Waals surface area (Å²) in [6.07, 6.45) is 7.52. The Morgan fingerprint density at radius 1 is 1.12 bits per heavy atom. The topological polar surface area (TPSA) is 49.9 Å². The Labute approximate surface area is 105 Å². The molecule has 0 aromatic carbocycles. The second kappa shape index (κ2) is 8.91. The van der Waals surface area contributed by atoms with Crippen molar-refractivity contribution in [1.29, 1.82) is 5.41 Å². The van der Waals surface area contributed by atoms with Crippen LogP contribution < -0.4 is 5.73 Å². The van der Waals surface area contributed by atoms with Gasteiger partial charge in [0.2, 0.25) is 0 Å². The van der Waals surface area contributed by atoms with Crippen molar-refractivity contribution in [3.05, 3.63) is 0 Å². The van der Waals surface area contributed by atoms with Crippen molar-refractivity contribution in [2.75, 3.05) is 11.5 Å². The van der Waals surface area contributed by atoms with E-state index in [1.165, 1.54) is 43.6 Å². The zero-order valence-corrected chi connectivity index (χ0v) is 12.0. The van der Waals surface area contributed by atoms with E-state index in [1.54, 1.807) is 0 Å². The summed E-state index contributed by atoms with van der Waals surface area (Å²) >= 11 is 2.07. The Bertz CT molecular complexity index is 190. The highest BCUT2D eigenvalue weighted by Gasteiger charge is 2.20. The quantitative estimate of drug-likeness (QED) is 0.346. The standard InChI is InChI=1S/C13H28N2S/c1-4-5-7-10-16-11-8-6-9-13(2,3)12(14)15/h4-11H2,1-3H3,(H3,14,15). The highest BCUT2D eigenvalue weighted by molar-refractivity contribution is 7.99. The number of hydrogen-bond acceptors (Lipinski definition) is 2. The van der Waals surface area contributed by atoms with Gasteiger partial charge in [-0.1, -0.05) is 40.0 Å². The molecule has 96 valence electrons. The molecule has 0 aliphatic rings. The first-order valence-corrected chi connectivity index (χ1v) is 7.58. The summed E-state index contributed by atoms with van der Waals surface area (Å²) in [5.41, 5.74) is 5.44. The molecular formula is C13H28N2S. The van der Waals surface area contributed by atoms with Crippen LogP contribution in [0, 0.1) is 10.8 Å². The number of thioether (sulfide) groups is 1. The second-order valence-corrected chi connectivity index (χ2v) is 6.30. The predicted molar refractivity (Wildman–Crippen MR) is 76.4 cm³/mol. The van der Waals surface area contributed by atoms with Crippen LogP contribution in [-0.2, 0) is 0 Å². The summed E-state index contributed by atoms with van der Waals surface area (Å²) < 4.78 is 0. The maximum atomic E-state index is 7.46. The first kappa shape index (κ1) is 15.8. The Kier molecular flexibility index (Phi) is 8.81. The molecule has 0 spiro atoms. The minimum absolute atomic E-state index is 0.104. The molecule has 0 aliphatic carbocycles. The maximum Gasteiger partial charge on any atom is 0.0963 e. The molecule has 0 bridgehead atoms. The lowest BCUT2D eigenvalue weighted by Gasteiger charge is -2.22. The molecule has 0 amide bonds. The third-order valence-corrected chi connectivity index (χ3v) is 4.12. The van der Waals surface area contributed by atoms with E-state index in [2.05, 4.69) is 32.5 Å². The van der Waals surface area contributed by atoms with Gasteiger partial charge in [-0.3, -0.25) is 5.41 Å². The number of rotatable bonds is 10. The van der Waals surface area contributed by atoms with Crippen molar-refractivity contribution < 1.29 is 0 Å². The van der Waals surface area contributed by atoms with Crippen LogP contribution in [0.15, 0.2) is 0 Å². The lowest BCUT2D eigenvalue weighted by molar-refractivity contribution is 0.448. The smallest absolute Gasteiger partial charge is 0.0963 e. The van der Waals surface area contributed by atoms with Gasteiger partial charge in [0.05, 0.1) is 5.84 Å². The Hall–Kier alpha value is -0.180. The van der Waals surface area contributed by atoms with Gasteiger partial charge in [-0.2, -0.15) is 11.8 Å². The van der Waals surface area contributed by atoms with Crippen LogP contribution >= 0.6 is 11.8 Å². The van der Waals surface area contributed by atoms with Crippen molar-refractivity contribution in [2.24, 2.45) is 11.1 Å². The lowest BCUT2D eigenvalue weighted by Crippen LogP contribution is -2.30. The highest BCUT2D eigenvalue weighted by atomic mass is 32.2. The van der Waals surface area contributed by atoms with Crippen LogP contribution in [0.25, 0.3) is 0 Å². The van der Waals surface area contributed by atoms with Crippen LogP contribution in [0.4, 0.5) is 0 Å². The fourth-order valence-corrected chi connectivity index (χ4v) is 2.48. The van der Waals surface area contributed by atoms with Crippen molar-refractivity contribution in [2.45, 2.75) is 59.3 Å². The normalized spacial score (nSPS) is 11.7. The van der Waals surface area contributed by atoms with Gasteiger partial charge in [0, 0.05) is 5.41 Å². The van der Waals surface area contributed by atoms with Crippen LogP contribution in [-0.4, -0.2) is 17.3 Å². The van der Waals surface area contributed by atoms with Gasteiger partial charge < -0.3 is 5.73 Å². The molecular weight excluding hydrogens is 216 g/mol. The Balaban J connectivity index is 3.30. The van der Waals surface area contributed by atoms with E-state index in [1.807, 2.05) is 0 Å². The zero-order valence-electron chi connectivity index (χ0n) is 11.1. The highest BCUT2D eigenvalue weighted by Crippen LogP contribution is 2.23. The summed E-state index contributed by atoms with van der Waals surface area (Å²) in [6.45, 7) is 6.36. The van der Waals surface area contributed by atoms with E-state index in [4.69, 9.17) is 11.1 Å². The van der Waals surface area contributed by atoms with Crippen molar-refractivity contribution in [1.82, 2.24) is 0 Å². The molecule has 0 saturated carbocycles. The number of nitrogens with one attached hydrogen (secondary N) is 1. The molecule has 0 saturated heterocycles. The molecule has 3 N–H and O–H groups in total. The van der Waals surface area contributed by atoms with E-state index in [9.17, 15) is 0 Å². The van der Waals surface area contributed by atoms with Crippen molar-refractivity contribution in [3.63, 3.8) is 0 Å². The monoisotopic (exact) mass is 244 g/mol. The van der Waals surface area contributed by atoms with Crippen molar-refractivity contribution >= 4 is 17.6 Å². The number of amidine groups is 1. The van der Waals surface area contributed by atoms with Gasteiger partial charge in [-0.25, -0.2) is 0 Å². The summed E-state index contributed by atoms with van der Waals surface area (Å²) in [5.74, 6) is 2.89. The first-order chi connectivity index (χ1) is 7.50. The Morgan fingerprint density at radius 2 is 1.69 bits per heavy atom. The van der Waals surface area contributed by atoms with Gasteiger partial charge in [0.25, 0.3) is 0 Å². The van der Waals surface area contributed by atoms with Crippen LogP contribution in [0.3, 0.4) is 0 Å². The fraction of sp³-hybridized carbons (Fsp3) is 0.923. The van der Waals surface area contributed by atoms with E-state index in [-0.39, 0.29) is 5.41 Å². The Morgan fingerprint density at radius 3 is 2.19 bits per heavy atom. The molecule has 3 heteroatoms. The average Bonchev–Trinajstić information content (AvgIpc) is 2.21. The molecule has 0 aliphatic heterocycles. The van der Waals surface area contributed by atoms with Gasteiger partial charge in [-0.15, -0.1) is 0 Å². The predicted octanol–water partition coefficient (Wildman–Crippen LogP) is 4.04. The van der Waals surface area contributed by atoms with Crippen LogP contribution in [0.2, 0.25) is 0 Å². The SMILES string of the molecule is CCCCCSCCCCC(C)(C)C(=N)N. The minimum atomic E-state index is -0.104. The summed E-state index contributed by atoms with van der Waals surface area (Å²) in [4.78, 5) is 0. The molecule has 0 rings (SSSR count). The molecule has 0 unspecified atom stereocenters. The molecule has 0 aromatic heterocycles. The molecule has 16 heavy (non-hydrogen) atoms. The minimum Gasteiger partial charge on any atom is -0.387 e. The van der Waals surface area contributed by atoms with Gasteiger partial charge >= 0.3 is 0 Å². The zero-order chi connectivity index (χ0) is 12.4. The average molecular weight is 244 g/mol. The van der Waals surface area contributed by atoms with Crippen LogP contribution in [0.5, 0.6) is 0 Å². The van der Waals surface area contributed by atoms with Gasteiger partial charge in [0.1, 0.15) is 0 Å². The van der Waals surface area contributed by atoms with Crippen LogP contribution in [0.1, 0.15) is 59.3 Å². The summed E-state index contributed by atoms with van der Waals surface area (Å²) in [5, 5.41) is 7.46. The lowest BCUT2D eigenvalue weighted by atomic mass is 9.86. The molecule has 2 nitrogen and oxygen atoms in total. The molecule has 0 radical (unpaired) electrons. The molecule has 0 fully saturated rings. The van der Waals surface area contributed by atoms with Gasteiger partial charge in [0.15, 0.2) is 0 Å².